The van der Waals surface area contributed by atoms with Crippen LogP contribution in [0.3, 0.4) is 0 Å². The largest absolute Gasteiger partial charge is 0.416 e. The van der Waals surface area contributed by atoms with Gasteiger partial charge in [-0.3, -0.25) is 9.59 Å². The number of alkyl halides is 6. The Labute approximate surface area is 196 Å². The van der Waals surface area contributed by atoms with Crippen LogP contribution in [-0.2, 0) is 11.0 Å². The van der Waals surface area contributed by atoms with Gasteiger partial charge in [-0.1, -0.05) is 23.7 Å². The molecule has 0 heterocycles. The van der Waals surface area contributed by atoms with Crippen LogP contribution in [0, 0.1) is 6.92 Å². The molecule has 2 amide bonds. The van der Waals surface area contributed by atoms with Crippen LogP contribution in [0.2, 0.25) is 5.02 Å². The number of hydrogen-bond donors (Lipinski definition) is 2. The Hall–Kier alpha value is -3.01. The molecule has 0 saturated heterocycles. The summed E-state index contributed by atoms with van der Waals surface area (Å²) >= 11 is 5.59. The SMILES string of the molecule is Cc1cc(/C=C/C(=O)NC(c2cc(Cl)cc(C(F)(F)F)c2)C(F)(F)F)ccc1C(=O)NC1CC1. The number of rotatable bonds is 6. The molecule has 1 aliphatic carbocycles. The maximum atomic E-state index is 13.6. The summed E-state index contributed by atoms with van der Waals surface area (Å²) in [5.74, 6) is -1.41. The van der Waals surface area contributed by atoms with E-state index in [0.717, 1.165) is 18.9 Å². The van der Waals surface area contributed by atoms with E-state index in [0.29, 0.717) is 34.9 Å². The Kier molecular flexibility index (Phi) is 7.30. The molecule has 182 valence electrons. The zero-order valence-electron chi connectivity index (χ0n) is 17.6. The fourth-order valence-corrected chi connectivity index (χ4v) is 3.44. The molecule has 2 aromatic carbocycles. The third-order valence-electron chi connectivity index (χ3n) is 5.03. The van der Waals surface area contributed by atoms with E-state index in [1.807, 2.05) is 0 Å². The first-order chi connectivity index (χ1) is 15.7. The van der Waals surface area contributed by atoms with E-state index >= 15 is 0 Å². The monoisotopic (exact) mass is 504 g/mol. The lowest BCUT2D eigenvalue weighted by atomic mass is 10.0. The van der Waals surface area contributed by atoms with Crippen molar-refractivity contribution in [3.63, 3.8) is 0 Å². The van der Waals surface area contributed by atoms with Crippen LogP contribution in [0.1, 0.15) is 51.5 Å². The van der Waals surface area contributed by atoms with Crippen LogP contribution in [-0.4, -0.2) is 24.0 Å². The van der Waals surface area contributed by atoms with Crippen molar-refractivity contribution >= 4 is 29.5 Å². The summed E-state index contributed by atoms with van der Waals surface area (Å²) in [7, 11) is 0. The quantitative estimate of drug-likeness (QED) is 0.375. The van der Waals surface area contributed by atoms with Gasteiger partial charge < -0.3 is 10.6 Å². The highest BCUT2D eigenvalue weighted by atomic mass is 35.5. The van der Waals surface area contributed by atoms with E-state index in [-0.39, 0.29) is 11.9 Å². The highest BCUT2D eigenvalue weighted by Crippen LogP contribution is 2.38. The number of hydrogen-bond acceptors (Lipinski definition) is 2. The van der Waals surface area contributed by atoms with Gasteiger partial charge in [-0.25, -0.2) is 0 Å². The van der Waals surface area contributed by atoms with E-state index in [2.05, 4.69) is 5.32 Å². The molecule has 1 fully saturated rings. The predicted octanol–water partition coefficient (Wildman–Crippen LogP) is 5.99. The van der Waals surface area contributed by atoms with Crippen molar-refractivity contribution in [1.82, 2.24) is 10.6 Å². The summed E-state index contributed by atoms with van der Waals surface area (Å²) in [4.78, 5) is 24.4. The van der Waals surface area contributed by atoms with Crippen molar-refractivity contribution in [3.8, 4) is 0 Å². The number of amides is 2. The second kappa shape index (κ2) is 9.69. The summed E-state index contributed by atoms with van der Waals surface area (Å²) in [6.07, 6.45) is -6.09. The third kappa shape index (κ3) is 6.75. The molecule has 11 heteroatoms. The van der Waals surface area contributed by atoms with Crippen LogP contribution < -0.4 is 10.6 Å². The first-order valence-corrected chi connectivity index (χ1v) is 10.5. The molecule has 4 nitrogen and oxygen atoms in total. The molecule has 1 aliphatic rings. The summed E-state index contributed by atoms with van der Waals surface area (Å²) < 4.78 is 79.6. The van der Waals surface area contributed by atoms with Gasteiger partial charge in [0.1, 0.15) is 0 Å². The van der Waals surface area contributed by atoms with E-state index in [1.165, 1.54) is 18.2 Å². The minimum absolute atomic E-state index is 0.170. The van der Waals surface area contributed by atoms with Crippen molar-refractivity contribution in [2.24, 2.45) is 0 Å². The molecule has 0 aromatic heterocycles. The summed E-state index contributed by atoms with van der Waals surface area (Å²) in [5.41, 5.74) is -0.730. The molecule has 1 saturated carbocycles. The average Bonchev–Trinajstić information content (AvgIpc) is 3.52. The minimum atomic E-state index is -5.08. The summed E-state index contributed by atoms with van der Waals surface area (Å²) in [5, 5.41) is 3.97. The van der Waals surface area contributed by atoms with Crippen molar-refractivity contribution in [1.29, 1.82) is 0 Å². The topological polar surface area (TPSA) is 58.2 Å². The van der Waals surface area contributed by atoms with Gasteiger partial charge >= 0.3 is 12.4 Å². The zero-order valence-corrected chi connectivity index (χ0v) is 18.4. The minimum Gasteiger partial charge on any atom is -0.349 e. The number of benzene rings is 2. The molecule has 3 rings (SSSR count). The number of aryl methyl sites for hydroxylation is 1. The maximum absolute atomic E-state index is 13.6. The van der Waals surface area contributed by atoms with Gasteiger partial charge in [-0.2, -0.15) is 26.3 Å². The first-order valence-electron chi connectivity index (χ1n) is 10.1. The lowest BCUT2D eigenvalue weighted by Gasteiger charge is -2.22. The lowest BCUT2D eigenvalue weighted by molar-refractivity contribution is -0.162. The molecule has 0 spiro atoms. The van der Waals surface area contributed by atoms with Crippen LogP contribution in [0.15, 0.2) is 42.5 Å². The molecule has 2 aromatic rings. The smallest absolute Gasteiger partial charge is 0.349 e. The van der Waals surface area contributed by atoms with Gasteiger partial charge in [0, 0.05) is 22.7 Å². The molecule has 1 unspecified atom stereocenters. The van der Waals surface area contributed by atoms with Gasteiger partial charge in [0.25, 0.3) is 5.91 Å². The van der Waals surface area contributed by atoms with E-state index in [1.54, 1.807) is 18.3 Å². The molecular formula is C23H19ClF6N2O2. The third-order valence-corrected chi connectivity index (χ3v) is 5.25. The highest BCUT2D eigenvalue weighted by molar-refractivity contribution is 6.30. The van der Waals surface area contributed by atoms with E-state index in [9.17, 15) is 35.9 Å². The van der Waals surface area contributed by atoms with Crippen LogP contribution in [0.25, 0.3) is 6.08 Å². The van der Waals surface area contributed by atoms with E-state index in [4.69, 9.17) is 11.6 Å². The Morgan fingerprint density at radius 2 is 1.74 bits per heavy atom. The Balaban J connectivity index is 1.76. The van der Waals surface area contributed by atoms with Crippen molar-refractivity contribution in [2.75, 3.05) is 0 Å². The predicted molar refractivity (Wildman–Crippen MR) is 114 cm³/mol. The van der Waals surface area contributed by atoms with Crippen LogP contribution in [0.5, 0.6) is 0 Å². The van der Waals surface area contributed by atoms with Gasteiger partial charge in [-0.05, 0) is 66.8 Å². The van der Waals surface area contributed by atoms with Crippen molar-refractivity contribution < 1.29 is 35.9 Å². The van der Waals surface area contributed by atoms with Gasteiger partial charge in [-0.15, -0.1) is 0 Å². The van der Waals surface area contributed by atoms with Crippen LogP contribution in [0.4, 0.5) is 26.3 Å². The number of nitrogens with one attached hydrogen (secondary N) is 2. The molecule has 0 bridgehead atoms. The average molecular weight is 505 g/mol. The lowest BCUT2D eigenvalue weighted by Crippen LogP contribution is -2.37. The first kappa shape index (κ1) is 25.6. The number of carbonyl (C=O) groups is 2. The maximum Gasteiger partial charge on any atom is 0.416 e. The second-order valence-corrected chi connectivity index (χ2v) is 8.35. The molecule has 1 atom stereocenters. The standard InChI is InChI=1S/C23H19ClF6N2O2/c1-12-8-13(2-6-18(12)21(34)31-17-4-5-17)3-7-19(33)32-20(23(28,29)30)14-9-15(22(25,26)27)11-16(24)10-14/h2-3,6-11,17,20H,4-5H2,1H3,(H,31,34)(H,32,33)/b7-3+. The Morgan fingerprint density at radius 1 is 1.06 bits per heavy atom. The molecular weight excluding hydrogens is 486 g/mol. The van der Waals surface area contributed by atoms with Gasteiger partial charge in [0.15, 0.2) is 6.04 Å². The number of halogens is 7. The second-order valence-electron chi connectivity index (χ2n) is 7.91. The molecule has 2 N–H and O–H groups in total. The van der Waals surface area contributed by atoms with Gasteiger partial charge in [0.05, 0.1) is 5.56 Å². The molecule has 34 heavy (non-hydrogen) atoms. The normalized spacial score (nSPS) is 15.3. The Morgan fingerprint density at radius 3 is 2.29 bits per heavy atom. The summed E-state index contributed by atoms with van der Waals surface area (Å²) in [6.45, 7) is 1.68. The fourth-order valence-electron chi connectivity index (χ4n) is 3.20. The molecule has 0 radical (unpaired) electrons. The summed E-state index contributed by atoms with van der Waals surface area (Å²) in [6, 6.07) is 3.61. The number of carbonyl (C=O) groups excluding carboxylic acids is 2. The molecule has 0 aliphatic heterocycles. The highest BCUT2D eigenvalue weighted by Gasteiger charge is 2.43. The van der Waals surface area contributed by atoms with Crippen LogP contribution >= 0.6 is 11.6 Å². The van der Waals surface area contributed by atoms with Crippen molar-refractivity contribution in [3.05, 3.63) is 75.3 Å². The van der Waals surface area contributed by atoms with Crippen molar-refractivity contribution in [2.45, 2.75) is 44.2 Å². The zero-order chi connectivity index (χ0) is 25.3. The van der Waals surface area contributed by atoms with E-state index < -0.39 is 40.5 Å². The fraction of sp³-hybridized carbons (Fsp3) is 0.304. The Bertz CT molecular complexity index is 1120. The van der Waals surface area contributed by atoms with Gasteiger partial charge in [0.2, 0.25) is 5.91 Å².